The highest BCUT2D eigenvalue weighted by Gasteiger charge is 2.18. The summed E-state index contributed by atoms with van der Waals surface area (Å²) in [5.74, 6) is -2.73. The second-order valence-electron chi connectivity index (χ2n) is 5.35. The molecule has 0 radical (unpaired) electrons. The van der Waals surface area contributed by atoms with Crippen molar-refractivity contribution in [2.75, 3.05) is 20.6 Å². The lowest BCUT2D eigenvalue weighted by Gasteiger charge is -2.25. The Labute approximate surface area is 138 Å². The van der Waals surface area contributed by atoms with Crippen LogP contribution in [0, 0.1) is 11.6 Å². The van der Waals surface area contributed by atoms with Crippen molar-refractivity contribution < 1.29 is 13.6 Å². The molecule has 2 aromatic carbocycles. The number of hydrogen-bond donors (Lipinski definition) is 1. The molecule has 3 nitrogen and oxygen atoms in total. The quantitative estimate of drug-likeness (QED) is 0.844. The van der Waals surface area contributed by atoms with Gasteiger partial charge in [-0.2, -0.15) is 0 Å². The van der Waals surface area contributed by atoms with E-state index < -0.39 is 17.5 Å². The van der Waals surface area contributed by atoms with Crippen molar-refractivity contribution in [2.45, 2.75) is 6.04 Å². The van der Waals surface area contributed by atoms with E-state index in [1.807, 2.05) is 49.3 Å². The SMILES string of the molecule is CN(C)C(CNC(=O)c1cc(F)c(F)cc1Cl)c1ccccc1. The first-order valence-electron chi connectivity index (χ1n) is 7.04. The highest BCUT2D eigenvalue weighted by molar-refractivity contribution is 6.33. The zero-order valence-electron chi connectivity index (χ0n) is 12.8. The Kier molecular flexibility index (Phi) is 5.69. The lowest BCUT2D eigenvalue weighted by molar-refractivity contribution is 0.0941. The summed E-state index contributed by atoms with van der Waals surface area (Å²) in [5.41, 5.74) is 0.949. The Hall–Kier alpha value is -1.98. The molecule has 23 heavy (non-hydrogen) atoms. The van der Waals surface area contributed by atoms with Gasteiger partial charge in [0, 0.05) is 6.54 Å². The zero-order valence-corrected chi connectivity index (χ0v) is 13.6. The van der Waals surface area contributed by atoms with E-state index >= 15 is 0 Å². The second kappa shape index (κ2) is 7.53. The van der Waals surface area contributed by atoms with Crippen molar-refractivity contribution in [3.63, 3.8) is 0 Å². The maximum atomic E-state index is 13.3. The first kappa shape index (κ1) is 17.4. The zero-order chi connectivity index (χ0) is 17.0. The first-order chi connectivity index (χ1) is 10.9. The van der Waals surface area contributed by atoms with Crippen LogP contribution in [-0.4, -0.2) is 31.4 Å². The van der Waals surface area contributed by atoms with Crippen LogP contribution < -0.4 is 5.32 Å². The summed E-state index contributed by atoms with van der Waals surface area (Å²) >= 11 is 5.81. The molecule has 0 fully saturated rings. The molecule has 1 N–H and O–H groups in total. The van der Waals surface area contributed by atoms with Gasteiger partial charge in [-0.05, 0) is 31.8 Å². The number of amides is 1. The molecule has 0 heterocycles. The Morgan fingerprint density at radius 3 is 2.39 bits per heavy atom. The molecule has 1 atom stereocenters. The minimum Gasteiger partial charge on any atom is -0.350 e. The topological polar surface area (TPSA) is 32.3 Å². The number of carbonyl (C=O) groups is 1. The molecule has 0 aliphatic heterocycles. The van der Waals surface area contributed by atoms with E-state index in [1.54, 1.807) is 0 Å². The fraction of sp³-hybridized carbons (Fsp3) is 0.235. The van der Waals surface area contributed by atoms with Gasteiger partial charge < -0.3 is 10.2 Å². The van der Waals surface area contributed by atoms with Crippen LogP contribution in [0.5, 0.6) is 0 Å². The molecule has 2 aromatic rings. The molecule has 0 bridgehead atoms. The Morgan fingerprint density at radius 1 is 1.17 bits per heavy atom. The molecule has 0 saturated carbocycles. The largest absolute Gasteiger partial charge is 0.350 e. The molecule has 0 aliphatic carbocycles. The second-order valence-corrected chi connectivity index (χ2v) is 5.75. The van der Waals surface area contributed by atoms with Gasteiger partial charge >= 0.3 is 0 Å². The number of nitrogens with one attached hydrogen (secondary N) is 1. The van der Waals surface area contributed by atoms with Crippen LogP contribution in [0.4, 0.5) is 8.78 Å². The predicted octanol–water partition coefficient (Wildman–Crippen LogP) is 3.65. The van der Waals surface area contributed by atoms with Crippen molar-refractivity contribution in [2.24, 2.45) is 0 Å². The van der Waals surface area contributed by atoms with Crippen LogP contribution >= 0.6 is 11.6 Å². The predicted molar refractivity (Wildman–Crippen MR) is 86.6 cm³/mol. The highest BCUT2D eigenvalue weighted by Crippen LogP contribution is 2.21. The molecule has 0 aromatic heterocycles. The van der Waals surface area contributed by atoms with E-state index in [1.165, 1.54) is 0 Å². The van der Waals surface area contributed by atoms with Gasteiger partial charge in [0.1, 0.15) is 0 Å². The third-order valence-electron chi connectivity index (χ3n) is 3.52. The Bertz CT molecular complexity index is 692. The van der Waals surface area contributed by atoms with Crippen LogP contribution in [0.1, 0.15) is 22.0 Å². The van der Waals surface area contributed by atoms with Gasteiger partial charge in [0.15, 0.2) is 11.6 Å². The average molecular weight is 339 g/mol. The fourth-order valence-electron chi connectivity index (χ4n) is 2.25. The molecule has 2 rings (SSSR count). The van der Waals surface area contributed by atoms with Crippen molar-refractivity contribution in [3.8, 4) is 0 Å². The number of likely N-dealkylation sites (N-methyl/N-ethyl adjacent to an activating group) is 1. The van der Waals surface area contributed by atoms with Gasteiger partial charge in [0.25, 0.3) is 5.91 Å². The van der Waals surface area contributed by atoms with Crippen molar-refractivity contribution in [3.05, 3.63) is 70.2 Å². The third-order valence-corrected chi connectivity index (χ3v) is 3.83. The van der Waals surface area contributed by atoms with Gasteiger partial charge in [-0.25, -0.2) is 8.78 Å². The lowest BCUT2D eigenvalue weighted by atomic mass is 10.1. The van der Waals surface area contributed by atoms with Crippen molar-refractivity contribution >= 4 is 17.5 Å². The number of benzene rings is 2. The van der Waals surface area contributed by atoms with Gasteiger partial charge in [-0.3, -0.25) is 4.79 Å². The molecule has 122 valence electrons. The molecule has 6 heteroatoms. The number of hydrogen-bond acceptors (Lipinski definition) is 2. The van der Waals surface area contributed by atoms with Crippen molar-refractivity contribution in [1.29, 1.82) is 0 Å². The minimum atomic E-state index is -1.10. The van der Waals surface area contributed by atoms with Crippen LogP contribution in [0.25, 0.3) is 0 Å². The number of nitrogens with zero attached hydrogens (tertiary/aromatic N) is 1. The standard InChI is InChI=1S/C17H17ClF2N2O/c1-22(2)16(11-6-4-3-5-7-11)10-21-17(23)12-8-14(19)15(20)9-13(12)18/h3-9,16H,10H2,1-2H3,(H,21,23). The van der Waals surface area contributed by atoms with Gasteiger partial charge in [0.2, 0.25) is 0 Å². The summed E-state index contributed by atoms with van der Waals surface area (Å²) in [7, 11) is 3.79. The highest BCUT2D eigenvalue weighted by atomic mass is 35.5. The molecular formula is C17H17ClF2N2O. The first-order valence-corrected chi connectivity index (χ1v) is 7.42. The van der Waals surface area contributed by atoms with Gasteiger partial charge in [-0.1, -0.05) is 41.9 Å². The van der Waals surface area contributed by atoms with Crippen LogP contribution in [0.15, 0.2) is 42.5 Å². The normalized spacial score (nSPS) is 12.3. The summed E-state index contributed by atoms with van der Waals surface area (Å²) < 4.78 is 26.4. The van der Waals surface area contributed by atoms with E-state index in [0.29, 0.717) is 6.54 Å². The van der Waals surface area contributed by atoms with E-state index in [2.05, 4.69) is 5.32 Å². The molecular weight excluding hydrogens is 322 g/mol. The van der Waals surface area contributed by atoms with Crippen molar-refractivity contribution in [1.82, 2.24) is 10.2 Å². The number of halogens is 3. The van der Waals surface area contributed by atoms with Crippen LogP contribution in [-0.2, 0) is 0 Å². The number of carbonyl (C=O) groups excluding carboxylic acids is 1. The molecule has 1 unspecified atom stereocenters. The summed E-state index contributed by atoms with van der Waals surface area (Å²) in [4.78, 5) is 14.1. The maximum Gasteiger partial charge on any atom is 0.252 e. The molecule has 0 saturated heterocycles. The molecule has 0 aliphatic rings. The van der Waals surface area contributed by atoms with E-state index in [0.717, 1.165) is 17.7 Å². The minimum absolute atomic E-state index is 0.0516. The summed E-state index contributed by atoms with van der Waals surface area (Å²) in [6, 6.07) is 11.2. The molecule has 0 spiro atoms. The summed E-state index contributed by atoms with van der Waals surface area (Å²) in [6.45, 7) is 0.311. The lowest BCUT2D eigenvalue weighted by Crippen LogP contribution is -2.34. The van der Waals surface area contributed by atoms with E-state index in [4.69, 9.17) is 11.6 Å². The van der Waals surface area contributed by atoms with Gasteiger partial charge in [0.05, 0.1) is 16.6 Å². The maximum absolute atomic E-state index is 13.3. The Balaban J connectivity index is 2.12. The van der Waals surface area contributed by atoms with Gasteiger partial charge in [-0.15, -0.1) is 0 Å². The molecule has 1 amide bonds. The van der Waals surface area contributed by atoms with Crippen LogP contribution in [0.2, 0.25) is 5.02 Å². The average Bonchev–Trinajstić information content (AvgIpc) is 2.51. The third kappa shape index (κ3) is 4.27. The van der Waals surface area contributed by atoms with Crippen LogP contribution in [0.3, 0.4) is 0 Å². The summed E-state index contributed by atoms with van der Waals surface area (Å²) in [5, 5.41) is 2.59. The fourth-order valence-corrected chi connectivity index (χ4v) is 2.49. The van der Waals surface area contributed by atoms with E-state index in [-0.39, 0.29) is 16.6 Å². The summed E-state index contributed by atoms with van der Waals surface area (Å²) in [6.07, 6.45) is 0. The number of rotatable bonds is 5. The smallest absolute Gasteiger partial charge is 0.252 e. The monoisotopic (exact) mass is 338 g/mol. The van der Waals surface area contributed by atoms with E-state index in [9.17, 15) is 13.6 Å². The Morgan fingerprint density at radius 2 is 1.78 bits per heavy atom.